The van der Waals surface area contributed by atoms with Crippen molar-refractivity contribution in [3.8, 4) is 0 Å². The smallest absolute Gasteiger partial charge is 0.164 e. The second-order valence-electron chi connectivity index (χ2n) is 8.60. The Morgan fingerprint density at radius 2 is 1.59 bits per heavy atom. The standard InChI is InChI=1S/C23H32F2O2/c1-2-3-21(27)20-13-12-19(22(24)23(20)25)18-10-8-17(9-11-18)16-6-4-15(14-26)5-7-16/h12-18,21,27H,2-11H2,1H3. The molecule has 1 aromatic carbocycles. The average molecular weight is 379 g/mol. The van der Waals surface area contributed by atoms with Gasteiger partial charge in [0.15, 0.2) is 11.6 Å². The Hall–Kier alpha value is -1.29. The fourth-order valence-electron chi connectivity index (χ4n) is 5.23. The summed E-state index contributed by atoms with van der Waals surface area (Å²) in [5.74, 6) is 0.0266. The molecule has 0 heterocycles. The molecule has 2 aliphatic carbocycles. The Kier molecular flexibility index (Phi) is 7.02. The van der Waals surface area contributed by atoms with Crippen LogP contribution in [0.3, 0.4) is 0 Å². The minimum absolute atomic E-state index is 0.0689. The van der Waals surface area contributed by atoms with Gasteiger partial charge in [-0.15, -0.1) is 0 Å². The number of carbonyl (C=O) groups excluding carboxylic acids is 1. The predicted molar refractivity (Wildman–Crippen MR) is 102 cm³/mol. The number of hydrogen-bond donors (Lipinski definition) is 1. The lowest BCUT2D eigenvalue weighted by molar-refractivity contribution is -0.112. The van der Waals surface area contributed by atoms with Crippen molar-refractivity contribution in [3.63, 3.8) is 0 Å². The normalized spacial score (nSPS) is 30.1. The van der Waals surface area contributed by atoms with E-state index in [9.17, 15) is 18.7 Å². The molecule has 0 aromatic heterocycles. The lowest BCUT2D eigenvalue weighted by Gasteiger charge is -2.37. The number of aldehydes is 1. The first-order valence-corrected chi connectivity index (χ1v) is 10.7. The molecule has 2 saturated carbocycles. The van der Waals surface area contributed by atoms with E-state index in [1.807, 2.05) is 6.92 Å². The molecule has 2 aliphatic rings. The third-order valence-electron chi connectivity index (χ3n) is 6.95. The monoisotopic (exact) mass is 378 g/mol. The number of hydrogen-bond acceptors (Lipinski definition) is 2. The van der Waals surface area contributed by atoms with Gasteiger partial charge in [-0.1, -0.05) is 25.5 Å². The van der Waals surface area contributed by atoms with E-state index in [-0.39, 0.29) is 17.4 Å². The minimum Gasteiger partial charge on any atom is -0.388 e. The number of carbonyl (C=O) groups is 1. The topological polar surface area (TPSA) is 37.3 Å². The van der Waals surface area contributed by atoms with Crippen LogP contribution in [-0.4, -0.2) is 11.4 Å². The minimum atomic E-state index is -0.934. The van der Waals surface area contributed by atoms with Crippen LogP contribution in [0.4, 0.5) is 8.78 Å². The van der Waals surface area contributed by atoms with Gasteiger partial charge < -0.3 is 9.90 Å². The van der Waals surface area contributed by atoms with E-state index in [1.165, 1.54) is 0 Å². The Morgan fingerprint density at radius 3 is 2.15 bits per heavy atom. The predicted octanol–water partition coefficient (Wildman–Crippen LogP) is 6.08. The number of benzene rings is 1. The van der Waals surface area contributed by atoms with Gasteiger partial charge in [-0.2, -0.15) is 0 Å². The molecular formula is C23H32F2O2. The summed E-state index contributed by atoms with van der Waals surface area (Å²) in [6.07, 6.45) is 9.52. The van der Waals surface area contributed by atoms with Crippen LogP contribution < -0.4 is 0 Å². The van der Waals surface area contributed by atoms with Crippen molar-refractivity contribution in [2.45, 2.75) is 83.2 Å². The highest BCUT2D eigenvalue weighted by molar-refractivity contribution is 5.53. The van der Waals surface area contributed by atoms with E-state index in [4.69, 9.17) is 0 Å². The molecule has 0 amide bonds. The Balaban J connectivity index is 1.61. The molecule has 4 heteroatoms. The molecule has 150 valence electrons. The maximum atomic E-state index is 14.7. The van der Waals surface area contributed by atoms with Crippen molar-refractivity contribution in [2.75, 3.05) is 0 Å². The zero-order valence-electron chi connectivity index (χ0n) is 16.3. The summed E-state index contributed by atoms with van der Waals surface area (Å²) in [7, 11) is 0. The summed E-state index contributed by atoms with van der Waals surface area (Å²) in [4.78, 5) is 10.9. The maximum absolute atomic E-state index is 14.7. The molecule has 1 N–H and O–H groups in total. The molecular weight excluding hydrogens is 346 g/mol. The number of halogens is 2. The van der Waals surface area contributed by atoms with Crippen LogP contribution in [0.2, 0.25) is 0 Å². The van der Waals surface area contributed by atoms with Crippen molar-refractivity contribution >= 4 is 6.29 Å². The second kappa shape index (κ2) is 9.27. The largest absolute Gasteiger partial charge is 0.388 e. The summed E-state index contributed by atoms with van der Waals surface area (Å²) in [6, 6.07) is 3.26. The zero-order chi connectivity index (χ0) is 19.4. The van der Waals surface area contributed by atoms with Crippen LogP contribution in [0.5, 0.6) is 0 Å². The molecule has 0 aliphatic heterocycles. The van der Waals surface area contributed by atoms with Gasteiger partial charge in [-0.3, -0.25) is 0 Å². The van der Waals surface area contributed by atoms with Gasteiger partial charge in [-0.05, 0) is 81.1 Å². The zero-order valence-corrected chi connectivity index (χ0v) is 16.3. The van der Waals surface area contributed by atoms with Crippen LogP contribution in [0.15, 0.2) is 12.1 Å². The van der Waals surface area contributed by atoms with E-state index in [0.29, 0.717) is 23.8 Å². The van der Waals surface area contributed by atoms with Gasteiger partial charge in [-0.25, -0.2) is 8.78 Å². The lowest BCUT2D eigenvalue weighted by atomic mass is 9.68. The van der Waals surface area contributed by atoms with Crippen LogP contribution in [0, 0.1) is 29.4 Å². The van der Waals surface area contributed by atoms with Gasteiger partial charge in [0.2, 0.25) is 0 Å². The summed E-state index contributed by atoms with van der Waals surface area (Å²) >= 11 is 0. The van der Waals surface area contributed by atoms with Crippen molar-refractivity contribution < 1.29 is 18.7 Å². The number of aliphatic hydroxyl groups is 1. The van der Waals surface area contributed by atoms with Crippen LogP contribution in [-0.2, 0) is 4.79 Å². The molecule has 0 spiro atoms. The fourth-order valence-corrected chi connectivity index (χ4v) is 5.23. The number of rotatable bonds is 6. The summed E-state index contributed by atoms with van der Waals surface area (Å²) < 4.78 is 29.1. The summed E-state index contributed by atoms with van der Waals surface area (Å²) in [5, 5.41) is 10.0. The van der Waals surface area contributed by atoms with Crippen LogP contribution in [0.25, 0.3) is 0 Å². The van der Waals surface area contributed by atoms with Crippen molar-refractivity contribution in [1.29, 1.82) is 0 Å². The van der Waals surface area contributed by atoms with E-state index in [1.54, 1.807) is 12.1 Å². The van der Waals surface area contributed by atoms with E-state index in [2.05, 4.69) is 0 Å². The first kappa shape index (κ1) is 20.4. The molecule has 27 heavy (non-hydrogen) atoms. The Labute approximate surface area is 161 Å². The van der Waals surface area contributed by atoms with Gasteiger partial charge in [0, 0.05) is 11.5 Å². The van der Waals surface area contributed by atoms with Crippen LogP contribution in [0.1, 0.15) is 94.3 Å². The molecule has 1 unspecified atom stereocenters. The lowest BCUT2D eigenvalue weighted by Crippen LogP contribution is -2.26. The fraction of sp³-hybridized carbons (Fsp3) is 0.696. The molecule has 2 nitrogen and oxygen atoms in total. The maximum Gasteiger partial charge on any atom is 0.164 e. The third-order valence-corrected chi connectivity index (χ3v) is 6.95. The molecule has 0 saturated heterocycles. The molecule has 2 fully saturated rings. The van der Waals surface area contributed by atoms with Crippen molar-refractivity contribution in [3.05, 3.63) is 34.9 Å². The summed E-state index contributed by atoms with van der Waals surface area (Å²) in [6.45, 7) is 1.91. The van der Waals surface area contributed by atoms with Crippen LogP contribution >= 0.6 is 0 Å². The molecule has 1 aromatic rings. The first-order valence-electron chi connectivity index (χ1n) is 10.7. The van der Waals surface area contributed by atoms with Gasteiger partial charge in [0.1, 0.15) is 6.29 Å². The van der Waals surface area contributed by atoms with E-state index in [0.717, 1.165) is 64.1 Å². The Morgan fingerprint density at radius 1 is 1.00 bits per heavy atom. The van der Waals surface area contributed by atoms with Crippen molar-refractivity contribution in [1.82, 2.24) is 0 Å². The molecule has 0 bridgehead atoms. The second-order valence-corrected chi connectivity index (χ2v) is 8.60. The Bertz CT molecular complexity index is 630. The molecule has 1 atom stereocenters. The van der Waals surface area contributed by atoms with Gasteiger partial charge >= 0.3 is 0 Å². The van der Waals surface area contributed by atoms with Gasteiger partial charge in [0.25, 0.3) is 0 Å². The number of aliphatic hydroxyl groups excluding tert-OH is 1. The highest BCUT2D eigenvalue weighted by Gasteiger charge is 2.32. The van der Waals surface area contributed by atoms with E-state index < -0.39 is 17.7 Å². The van der Waals surface area contributed by atoms with Crippen molar-refractivity contribution in [2.24, 2.45) is 17.8 Å². The SMILES string of the molecule is CCCC(O)c1ccc(C2CCC(C3CCC(C=O)CC3)CC2)c(F)c1F. The molecule has 0 radical (unpaired) electrons. The summed E-state index contributed by atoms with van der Waals surface area (Å²) in [5.41, 5.74) is 0.557. The van der Waals surface area contributed by atoms with Gasteiger partial charge in [0.05, 0.1) is 6.10 Å². The first-order chi connectivity index (χ1) is 13.0. The quantitative estimate of drug-likeness (QED) is 0.609. The molecule has 3 rings (SSSR count). The highest BCUT2D eigenvalue weighted by Crippen LogP contribution is 2.44. The highest BCUT2D eigenvalue weighted by atomic mass is 19.2. The third kappa shape index (κ3) is 4.59. The van der Waals surface area contributed by atoms with E-state index >= 15 is 0 Å². The average Bonchev–Trinajstić information content (AvgIpc) is 2.70.